The van der Waals surface area contributed by atoms with Gasteiger partial charge in [-0.1, -0.05) is 37.3 Å². The van der Waals surface area contributed by atoms with Crippen LogP contribution in [0, 0.1) is 0 Å². The molecule has 0 aliphatic carbocycles. The maximum Gasteiger partial charge on any atom is 0.265 e. The molecular formula is C25H26N2O4S. The summed E-state index contributed by atoms with van der Waals surface area (Å²) in [4.78, 5) is 14.7. The predicted octanol–water partition coefficient (Wildman–Crippen LogP) is 4.26. The largest absolute Gasteiger partial charge is 0.495 e. The van der Waals surface area contributed by atoms with Crippen molar-refractivity contribution < 1.29 is 17.9 Å². The molecule has 6 nitrogen and oxygen atoms in total. The minimum absolute atomic E-state index is 0.0247. The number of nitrogens with one attached hydrogen (secondary N) is 1. The topological polar surface area (TPSA) is 75.7 Å². The van der Waals surface area contributed by atoms with Crippen LogP contribution in [0.5, 0.6) is 5.75 Å². The van der Waals surface area contributed by atoms with Crippen LogP contribution in [0.1, 0.15) is 34.0 Å². The number of ether oxygens (including phenoxy) is 1. The molecule has 1 aliphatic heterocycles. The van der Waals surface area contributed by atoms with Crippen LogP contribution in [0.3, 0.4) is 0 Å². The van der Waals surface area contributed by atoms with E-state index in [1.807, 2.05) is 43.3 Å². The summed E-state index contributed by atoms with van der Waals surface area (Å²) < 4.78 is 34.2. The number of hydrogen-bond acceptors (Lipinski definition) is 4. The molecule has 0 bridgehead atoms. The monoisotopic (exact) mass is 450 g/mol. The number of methoxy groups -OCH3 is 1. The van der Waals surface area contributed by atoms with Gasteiger partial charge in [-0.15, -0.1) is 0 Å². The van der Waals surface area contributed by atoms with Crippen molar-refractivity contribution in [1.82, 2.24) is 4.90 Å². The van der Waals surface area contributed by atoms with Gasteiger partial charge in [0, 0.05) is 24.3 Å². The maximum atomic E-state index is 13.1. The molecule has 1 amide bonds. The van der Waals surface area contributed by atoms with Gasteiger partial charge in [0.15, 0.2) is 0 Å². The van der Waals surface area contributed by atoms with Gasteiger partial charge in [0.1, 0.15) is 10.6 Å². The van der Waals surface area contributed by atoms with E-state index in [1.165, 1.54) is 7.11 Å². The van der Waals surface area contributed by atoms with Crippen LogP contribution in [0.4, 0.5) is 5.69 Å². The van der Waals surface area contributed by atoms with E-state index in [9.17, 15) is 13.2 Å². The number of carbonyl (C=O) groups is 1. The molecule has 166 valence electrons. The summed E-state index contributed by atoms with van der Waals surface area (Å²) in [6.45, 7) is 3.04. The molecule has 0 atom stereocenters. The smallest absolute Gasteiger partial charge is 0.265 e. The van der Waals surface area contributed by atoms with E-state index in [-0.39, 0.29) is 10.8 Å². The van der Waals surface area contributed by atoms with Crippen molar-refractivity contribution in [2.24, 2.45) is 0 Å². The van der Waals surface area contributed by atoms with Crippen LogP contribution in [-0.2, 0) is 29.4 Å². The molecule has 3 aromatic carbocycles. The van der Waals surface area contributed by atoms with Crippen LogP contribution in [0.15, 0.2) is 71.6 Å². The molecule has 1 N–H and O–H groups in total. The van der Waals surface area contributed by atoms with E-state index < -0.39 is 10.0 Å². The fourth-order valence-electron chi connectivity index (χ4n) is 3.92. The lowest BCUT2D eigenvalue weighted by Crippen LogP contribution is -2.36. The number of anilines is 1. The number of carbonyl (C=O) groups excluding carboxylic acids is 1. The number of benzene rings is 3. The van der Waals surface area contributed by atoms with Crippen molar-refractivity contribution in [3.05, 3.63) is 89.0 Å². The van der Waals surface area contributed by atoms with Crippen LogP contribution >= 0.6 is 0 Å². The molecule has 7 heteroatoms. The molecule has 32 heavy (non-hydrogen) atoms. The molecule has 0 saturated carbocycles. The lowest BCUT2D eigenvalue weighted by atomic mass is 9.98. The summed E-state index contributed by atoms with van der Waals surface area (Å²) in [6.07, 6.45) is 1.45. The molecular weight excluding hydrogens is 424 g/mol. The summed E-state index contributed by atoms with van der Waals surface area (Å²) in [7, 11) is -2.39. The molecule has 0 aromatic heterocycles. The molecule has 4 rings (SSSR count). The summed E-state index contributed by atoms with van der Waals surface area (Å²) in [5, 5.41) is 0. The van der Waals surface area contributed by atoms with Gasteiger partial charge in [-0.3, -0.25) is 9.52 Å². The van der Waals surface area contributed by atoms with E-state index in [0.29, 0.717) is 30.1 Å². The van der Waals surface area contributed by atoms with Crippen LogP contribution in [-0.4, -0.2) is 32.9 Å². The third-order valence-corrected chi connectivity index (χ3v) is 7.11. The normalized spacial score (nSPS) is 13.4. The molecule has 1 heterocycles. The summed E-state index contributed by atoms with van der Waals surface area (Å²) >= 11 is 0. The Morgan fingerprint density at radius 2 is 1.81 bits per heavy atom. The average molecular weight is 451 g/mol. The minimum atomic E-state index is -3.84. The Bertz CT molecular complexity index is 1240. The summed E-state index contributed by atoms with van der Waals surface area (Å²) in [5.41, 5.74) is 4.08. The number of nitrogens with zero attached hydrogens (tertiary/aromatic N) is 1. The fraction of sp³-hybridized carbons (Fsp3) is 0.240. The van der Waals surface area contributed by atoms with Crippen molar-refractivity contribution in [2.45, 2.75) is 31.2 Å². The van der Waals surface area contributed by atoms with Gasteiger partial charge in [0.05, 0.1) is 7.11 Å². The number of aryl methyl sites for hydroxylation is 1. The Morgan fingerprint density at radius 3 is 2.53 bits per heavy atom. The van der Waals surface area contributed by atoms with Crippen LogP contribution in [0.25, 0.3) is 0 Å². The first-order valence-corrected chi connectivity index (χ1v) is 12.1. The van der Waals surface area contributed by atoms with E-state index >= 15 is 0 Å². The highest BCUT2D eigenvalue weighted by Gasteiger charge is 2.24. The highest BCUT2D eigenvalue weighted by atomic mass is 32.2. The van der Waals surface area contributed by atoms with Gasteiger partial charge in [-0.25, -0.2) is 8.42 Å². The highest BCUT2D eigenvalue weighted by molar-refractivity contribution is 7.92. The highest BCUT2D eigenvalue weighted by Crippen LogP contribution is 2.29. The van der Waals surface area contributed by atoms with Gasteiger partial charge in [0.2, 0.25) is 0 Å². The Morgan fingerprint density at radius 1 is 1.03 bits per heavy atom. The number of sulfonamides is 1. The quantitative estimate of drug-likeness (QED) is 0.609. The molecule has 0 saturated heterocycles. The lowest BCUT2D eigenvalue weighted by molar-refractivity contribution is 0.0734. The molecule has 1 aliphatic rings. The van der Waals surface area contributed by atoms with Crippen LogP contribution < -0.4 is 9.46 Å². The second kappa shape index (κ2) is 9.04. The standard InChI is InChI=1S/C25H26N2O4S/c1-3-18-9-12-23(31-2)24(15-18)32(29,30)26-22-11-10-19-13-14-27(17-21(19)16-22)25(28)20-7-5-4-6-8-20/h4-12,15-16,26H,3,13-14,17H2,1-2H3. The van der Waals surface area contributed by atoms with Gasteiger partial charge in [-0.2, -0.15) is 0 Å². The second-order valence-corrected chi connectivity index (χ2v) is 9.42. The summed E-state index contributed by atoms with van der Waals surface area (Å²) in [5.74, 6) is 0.274. The molecule has 3 aromatic rings. The first-order chi connectivity index (χ1) is 15.4. The third-order valence-electron chi connectivity index (χ3n) is 5.70. The van der Waals surface area contributed by atoms with Crippen molar-refractivity contribution >= 4 is 21.6 Å². The zero-order chi connectivity index (χ0) is 22.7. The van der Waals surface area contributed by atoms with Crippen LogP contribution in [0.2, 0.25) is 0 Å². The third kappa shape index (κ3) is 4.48. The Kier molecular flexibility index (Phi) is 6.19. The zero-order valence-corrected chi connectivity index (χ0v) is 19.0. The second-order valence-electron chi connectivity index (χ2n) is 7.77. The Labute approximate surface area is 188 Å². The minimum Gasteiger partial charge on any atom is -0.495 e. The number of fused-ring (bicyclic) bond motifs is 1. The van der Waals surface area contributed by atoms with E-state index in [0.717, 1.165) is 29.5 Å². The molecule has 0 unspecified atom stereocenters. The first-order valence-electron chi connectivity index (χ1n) is 10.6. The molecule has 0 radical (unpaired) electrons. The van der Waals surface area contributed by atoms with Gasteiger partial charge in [-0.05, 0) is 65.9 Å². The Hall–Kier alpha value is -3.32. The Balaban J connectivity index is 1.58. The number of hydrogen-bond donors (Lipinski definition) is 1. The fourth-order valence-corrected chi connectivity index (χ4v) is 5.19. The van der Waals surface area contributed by atoms with Gasteiger partial charge >= 0.3 is 0 Å². The van der Waals surface area contributed by atoms with Crippen molar-refractivity contribution in [3.8, 4) is 5.75 Å². The van der Waals surface area contributed by atoms with Gasteiger partial charge < -0.3 is 9.64 Å². The van der Waals surface area contributed by atoms with Crippen molar-refractivity contribution in [1.29, 1.82) is 0 Å². The average Bonchev–Trinajstić information content (AvgIpc) is 2.83. The van der Waals surface area contributed by atoms with E-state index in [4.69, 9.17) is 4.74 Å². The number of rotatable bonds is 6. The molecule has 0 fully saturated rings. The number of amides is 1. The zero-order valence-electron chi connectivity index (χ0n) is 18.2. The van der Waals surface area contributed by atoms with Crippen molar-refractivity contribution in [3.63, 3.8) is 0 Å². The van der Waals surface area contributed by atoms with Gasteiger partial charge in [0.25, 0.3) is 15.9 Å². The maximum absolute atomic E-state index is 13.1. The SMILES string of the molecule is CCc1ccc(OC)c(S(=O)(=O)Nc2ccc3c(c2)CN(C(=O)c2ccccc2)CC3)c1. The molecule has 0 spiro atoms. The lowest BCUT2D eigenvalue weighted by Gasteiger charge is -2.29. The van der Waals surface area contributed by atoms with Crippen molar-refractivity contribution in [2.75, 3.05) is 18.4 Å². The predicted molar refractivity (Wildman–Crippen MR) is 125 cm³/mol. The summed E-state index contributed by atoms with van der Waals surface area (Å²) in [6, 6.07) is 19.9. The van der Waals surface area contributed by atoms with E-state index in [2.05, 4.69) is 4.72 Å². The van der Waals surface area contributed by atoms with E-state index in [1.54, 1.807) is 35.2 Å². The first kappa shape index (κ1) is 21.9.